The molecule has 0 amide bonds. The van der Waals surface area contributed by atoms with Crippen LogP contribution >= 0.6 is 0 Å². The first-order chi connectivity index (χ1) is 15.0. The minimum atomic E-state index is -2.97. The second kappa shape index (κ2) is 8.16. The van der Waals surface area contributed by atoms with Gasteiger partial charge in [-0.15, -0.1) is 0 Å². The van der Waals surface area contributed by atoms with Gasteiger partial charge in [0, 0.05) is 57.5 Å². The highest BCUT2D eigenvalue weighted by Gasteiger charge is 2.56. The smallest absolute Gasteiger partial charge is 0.387 e. The molecule has 2 saturated heterocycles. The first-order valence-corrected chi connectivity index (χ1v) is 10.6. The Labute approximate surface area is 179 Å². The fraction of sp³-hybridized carbons (Fsp3) is 0.571. The van der Waals surface area contributed by atoms with E-state index in [0.29, 0.717) is 35.0 Å². The van der Waals surface area contributed by atoms with Gasteiger partial charge in [0.05, 0.1) is 18.0 Å². The molecule has 8 nitrogen and oxygen atoms in total. The number of aromatic nitrogens is 3. The Balaban J connectivity index is 1.42. The van der Waals surface area contributed by atoms with E-state index in [2.05, 4.69) is 19.5 Å². The Kier molecular flexibility index (Phi) is 5.35. The van der Waals surface area contributed by atoms with Gasteiger partial charge in [0.15, 0.2) is 11.6 Å². The van der Waals surface area contributed by atoms with E-state index in [-0.39, 0.29) is 11.6 Å². The lowest BCUT2D eigenvalue weighted by Crippen LogP contribution is -2.38. The van der Waals surface area contributed by atoms with E-state index in [0.717, 1.165) is 51.4 Å². The summed E-state index contributed by atoms with van der Waals surface area (Å²) in [7, 11) is 1.73. The third kappa shape index (κ3) is 4.01. The summed E-state index contributed by atoms with van der Waals surface area (Å²) in [5.41, 5.74) is 7.95. The zero-order chi connectivity index (χ0) is 21.5. The molecule has 2 aromatic rings. The maximum atomic E-state index is 12.7. The van der Waals surface area contributed by atoms with Gasteiger partial charge in [0.1, 0.15) is 0 Å². The van der Waals surface area contributed by atoms with Gasteiger partial charge >= 0.3 is 6.61 Å². The molecule has 0 spiro atoms. The van der Waals surface area contributed by atoms with Crippen LogP contribution in [0, 0.1) is 11.8 Å². The van der Waals surface area contributed by atoms with Crippen molar-refractivity contribution in [1.82, 2.24) is 19.9 Å². The summed E-state index contributed by atoms with van der Waals surface area (Å²) in [5.74, 6) is 2.05. The molecule has 166 valence electrons. The SMILES string of the molecule is COCCN1C[C@@H]2[C@H](C1)[C@H]2c1cc(-c2cnc(N)c(OC(F)F)c2)nc(N2CCC2)n1. The molecule has 5 rings (SSSR count). The summed E-state index contributed by atoms with van der Waals surface area (Å²) in [6.07, 6.45) is 2.65. The number of fused-ring (bicyclic) bond motifs is 1. The largest absolute Gasteiger partial charge is 0.431 e. The van der Waals surface area contributed by atoms with Crippen molar-refractivity contribution < 1.29 is 18.3 Å². The van der Waals surface area contributed by atoms with E-state index in [1.807, 2.05) is 6.07 Å². The molecule has 2 aromatic heterocycles. The number of hydrogen-bond acceptors (Lipinski definition) is 8. The number of piperidine rings is 1. The number of rotatable bonds is 8. The number of halogens is 2. The van der Waals surface area contributed by atoms with E-state index in [4.69, 9.17) is 20.4 Å². The number of alkyl halides is 2. The Morgan fingerprint density at radius 2 is 1.97 bits per heavy atom. The van der Waals surface area contributed by atoms with E-state index < -0.39 is 6.61 Å². The first kappa shape index (κ1) is 20.3. The van der Waals surface area contributed by atoms with Crippen LogP contribution in [0.2, 0.25) is 0 Å². The van der Waals surface area contributed by atoms with Crippen molar-refractivity contribution in [3.8, 4) is 17.0 Å². The van der Waals surface area contributed by atoms with E-state index in [1.165, 1.54) is 6.07 Å². The zero-order valence-corrected chi connectivity index (χ0v) is 17.4. The molecular formula is C21H26F2N6O2. The predicted octanol–water partition coefficient (Wildman–Crippen LogP) is 2.22. The fourth-order valence-corrected chi connectivity index (χ4v) is 4.67. The summed E-state index contributed by atoms with van der Waals surface area (Å²) < 4.78 is 35.2. The standard InChI is InChI=1S/C21H26F2N6O2/c1-30-6-5-28-10-13-14(11-28)18(13)16-8-15(26-21(27-16)29-3-2-4-29)12-7-17(31-20(22)23)19(24)25-9-12/h7-9,13-14,18,20H,2-6,10-11H2,1H3,(H2,24,25)/t13-,14+,18+. The molecule has 0 unspecified atom stereocenters. The van der Waals surface area contributed by atoms with E-state index >= 15 is 0 Å². The Hall–Kier alpha value is -2.59. The summed E-state index contributed by atoms with van der Waals surface area (Å²) in [5, 5.41) is 0. The number of pyridine rings is 1. The van der Waals surface area contributed by atoms with Crippen molar-refractivity contribution in [2.24, 2.45) is 11.8 Å². The summed E-state index contributed by atoms with van der Waals surface area (Å²) in [6.45, 7) is 2.67. The molecule has 0 bridgehead atoms. The lowest BCUT2D eigenvalue weighted by molar-refractivity contribution is -0.0494. The highest BCUT2D eigenvalue weighted by molar-refractivity contribution is 5.65. The molecule has 1 aliphatic carbocycles. The Bertz CT molecular complexity index is 945. The normalized spacial score (nSPS) is 24.9. The number of hydrogen-bond donors (Lipinski definition) is 1. The lowest BCUT2D eigenvalue weighted by Gasteiger charge is -2.31. The van der Waals surface area contributed by atoms with Gasteiger partial charge < -0.3 is 25.0 Å². The number of nitrogens with zero attached hydrogens (tertiary/aromatic N) is 5. The van der Waals surface area contributed by atoms with Crippen LogP contribution in [-0.2, 0) is 4.74 Å². The van der Waals surface area contributed by atoms with Gasteiger partial charge in [-0.2, -0.15) is 8.78 Å². The highest BCUT2D eigenvalue weighted by atomic mass is 19.3. The lowest BCUT2D eigenvalue weighted by atomic mass is 10.1. The molecule has 4 heterocycles. The van der Waals surface area contributed by atoms with Crippen LogP contribution in [-0.4, -0.2) is 72.9 Å². The van der Waals surface area contributed by atoms with Crippen molar-refractivity contribution >= 4 is 11.8 Å². The number of anilines is 2. The van der Waals surface area contributed by atoms with Gasteiger partial charge in [-0.05, 0) is 30.4 Å². The van der Waals surface area contributed by atoms with Crippen LogP contribution in [0.15, 0.2) is 18.3 Å². The first-order valence-electron chi connectivity index (χ1n) is 10.6. The third-order valence-corrected chi connectivity index (χ3v) is 6.49. The van der Waals surface area contributed by atoms with Gasteiger partial charge in [0.2, 0.25) is 5.95 Å². The molecule has 2 aliphatic heterocycles. The monoisotopic (exact) mass is 432 g/mol. The summed E-state index contributed by atoms with van der Waals surface area (Å²) >= 11 is 0. The van der Waals surface area contributed by atoms with E-state index in [9.17, 15) is 8.78 Å². The molecule has 31 heavy (non-hydrogen) atoms. The molecule has 10 heteroatoms. The third-order valence-electron chi connectivity index (χ3n) is 6.49. The van der Waals surface area contributed by atoms with Gasteiger partial charge in [0.25, 0.3) is 0 Å². The van der Waals surface area contributed by atoms with Crippen LogP contribution in [0.1, 0.15) is 18.0 Å². The average Bonchev–Trinajstić information content (AvgIpc) is 3.21. The molecule has 0 aromatic carbocycles. The molecule has 3 atom stereocenters. The number of methoxy groups -OCH3 is 1. The minimum absolute atomic E-state index is 0.0748. The molecular weight excluding hydrogens is 406 g/mol. The second-order valence-corrected chi connectivity index (χ2v) is 8.41. The average molecular weight is 432 g/mol. The van der Waals surface area contributed by atoms with E-state index in [1.54, 1.807) is 13.3 Å². The topological polar surface area (TPSA) is 89.6 Å². The van der Waals surface area contributed by atoms with Crippen LogP contribution in [0.5, 0.6) is 5.75 Å². The number of nitrogen functional groups attached to an aromatic ring is 1. The van der Waals surface area contributed by atoms with Crippen molar-refractivity contribution in [1.29, 1.82) is 0 Å². The Morgan fingerprint density at radius 1 is 1.19 bits per heavy atom. The Morgan fingerprint density at radius 3 is 2.61 bits per heavy atom. The highest BCUT2D eigenvalue weighted by Crippen LogP contribution is 2.58. The molecule has 3 aliphatic rings. The maximum Gasteiger partial charge on any atom is 0.387 e. The second-order valence-electron chi connectivity index (χ2n) is 8.41. The molecule has 2 N–H and O–H groups in total. The van der Waals surface area contributed by atoms with Crippen LogP contribution in [0.25, 0.3) is 11.3 Å². The van der Waals surface area contributed by atoms with Crippen molar-refractivity contribution in [2.45, 2.75) is 19.0 Å². The zero-order valence-electron chi connectivity index (χ0n) is 17.4. The summed E-state index contributed by atoms with van der Waals surface area (Å²) in [6, 6.07) is 3.44. The fourth-order valence-electron chi connectivity index (χ4n) is 4.67. The molecule has 1 saturated carbocycles. The van der Waals surface area contributed by atoms with Crippen molar-refractivity contribution in [3.05, 3.63) is 24.0 Å². The maximum absolute atomic E-state index is 12.7. The van der Waals surface area contributed by atoms with Gasteiger partial charge in [-0.3, -0.25) is 0 Å². The van der Waals surface area contributed by atoms with Gasteiger partial charge in [-0.1, -0.05) is 0 Å². The van der Waals surface area contributed by atoms with Crippen LogP contribution in [0.3, 0.4) is 0 Å². The van der Waals surface area contributed by atoms with Gasteiger partial charge in [-0.25, -0.2) is 15.0 Å². The number of ether oxygens (including phenoxy) is 2. The molecule has 0 radical (unpaired) electrons. The minimum Gasteiger partial charge on any atom is -0.431 e. The predicted molar refractivity (Wildman–Crippen MR) is 111 cm³/mol. The quantitative estimate of drug-likeness (QED) is 0.679. The number of likely N-dealkylation sites (tertiary alicyclic amines) is 1. The van der Waals surface area contributed by atoms with Crippen molar-refractivity contribution in [2.75, 3.05) is 57.1 Å². The van der Waals surface area contributed by atoms with Crippen LogP contribution in [0.4, 0.5) is 20.5 Å². The number of nitrogens with two attached hydrogens (primary N) is 1. The molecule has 3 fully saturated rings. The van der Waals surface area contributed by atoms with Crippen LogP contribution < -0.4 is 15.4 Å². The summed E-state index contributed by atoms with van der Waals surface area (Å²) in [4.78, 5) is 18.2. The van der Waals surface area contributed by atoms with Crippen molar-refractivity contribution in [3.63, 3.8) is 0 Å².